The summed E-state index contributed by atoms with van der Waals surface area (Å²) in [7, 11) is 0. The van der Waals surface area contributed by atoms with Gasteiger partial charge in [-0.1, -0.05) is 162 Å². The third kappa shape index (κ3) is 20.3. The Hall–Kier alpha value is 0. The molecule has 0 radical (unpaired) electrons. The molecular weight excluding hydrogens is 312 g/mol. The summed E-state index contributed by atoms with van der Waals surface area (Å²) in [5.74, 6) is 1.03. The summed E-state index contributed by atoms with van der Waals surface area (Å²) in [5, 5.41) is 0. The quantitative estimate of drug-likeness (QED) is 0.167. The van der Waals surface area contributed by atoms with Crippen LogP contribution in [-0.2, 0) is 0 Å². The van der Waals surface area contributed by atoms with Crippen LogP contribution in [0.4, 0.5) is 0 Å². The molecule has 0 aromatic carbocycles. The molecule has 0 aliphatic heterocycles. The molecule has 26 heavy (non-hydrogen) atoms. The molecule has 0 N–H and O–H groups in total. The Kier molecular flexibility index (Phi) is 23.0. The first kappa shape index (κ1) is 26.0. The van der Waals surface area contributed by atoms with E-state index in [9.17, 15) is 0 Å². The second kappa shape index (κ2) is 23.0. The van der Waals surface area contributed by atoms with Crippen LogP contribution in [0.25, 0.3) is 0 Å². The van der Waals surface area contributed by atoms with Gasteiger partial charge in [-0.15, -0.1) is 0 Å². The maximum absolute atomic E-state index is 2.34. The number of hydrogen-bond acceptors (Lipinski definition) is 0. The molecule has 0 rings (SSSR count). The van der Waals surface area contributed by atoms with Crippen LogP contribution in [0.3, 0.4) is 0 Å². The highest BCUT2D eigenvalue weighted by Crippen LogP contribution is 2.21. The third-order valence-electron chi connectivity index (χ3n) is 6.11. The van der Waals surface area contributed by atoms with E-state index in [0.717, 1.165) is 5.92 Å². The molecule has 0 heterocycles. The Morgan fingerprint density at radius 1 is 0.308 bits per heavy atom. The molecular formula is C26H54. The van der Waals surface area contributed by atoms with Crippen molar-refractivity contribution in [2.45, 2.75) is 162 Å². The van der Waals surface area contributed by atoms with Gasteiger partial charge < -0.3 is 0 Å². The van der Waals surface area contributed by atoms with Gasteiger partial charge in [-0.2, -0.15) is 0 Å². The zero-order valence-electron chi connectivity index (χ0n) is 19.1. The average Bonchev–Trinajstić information content (AvgIpc) is 2.64. The molecule has 0 fully saturated rings. The smallest absolute Gasteiger partial charge is 0.0414 e. The van der Waals surface area contributed by atoms with E-state index in [1.165, 1.54) is 141 Å². The predicted molar refractivity (Wildman–Crippen MR) is 122 cm³/mol. The van der Waals surface area contributed by atoms with Gasteiger partial charge in [0, 0.05) is 0 Å². The Bertz CT molecular complexity index is 226. The van der Waals surface area contributed by atoms with Gasteiger partial charge >= 0.3 is 0 Å². The fourth-order valence-electron chi connectivity index (χ4n) is 4.41. The molecule has 0 aliphatic carbocycles. The molecule has 0 heteroatoms. The van der Waals surface area contributed by atoms with Gasteiger partial charge in [0.1, 0.15) is 0 Å². The maximum Gasteiger partial charge on any atom is -0.0414 e. The molecule has 0 aromatic rings. The second-order valence-corrected chi connectivity index (χ2v) is 8.89. The van der Waals surface area contributed by atoms with Crippen LogP contribution in [0, 0.1) is 5.92 Å². The third-order valence-corrected chi connectivity index (χ3v) is 6.11. The normalized spacial score (nSPS) is 11.5. The Morgan fingerprint density at radius 2 is 0.615 bits per heavy atom. The van der Waals surface area contributed by atoms with Crippen molar-refractivity contribution in [1.82, 2.24) is 0 Å². The largest absolute Gasteiger partial charge is 0.0654 e. The van der Waals surface area contributed by atoms with Gasteiger partial charge in [0.2, 0.25) is 0 Å². The number of hydrogen-bond donors (Lipinski definition) is 0. The molecule has 0 unspecified atom stereocenters. The van der Waals surface area contributed by atoms with E-state index in [4.69, 9.17) is 0 Å². The molecule has 0 amide bonds. The molecule has 0 bridgehead atoms. The van der Waals surface area contributed by atoms with Gasteiger partial charge in [-0.05, 0) is 5.92 Å². The topological polar surface area (TPSA) is 0 Å². The van der Waals surface area contributed by atoms with Crippen molar-refractivity contribution in [3.8, 4) is 0 Å². The molecule has 0 atom stereocenters. The van der Waals surface area contributed by atoms with Crippen molar-refractivity contribution in [1.29, 1.82) is 0 Å². The monoisotopic (exact) mass is 366 g/mol. The summed E-state index contributed by atoms with van der Waals surface area (Å²) in [5.41, 5.74) is 0. The number of unbranched alkanes of at least 4 members (excludes halogenated alkanes) is 16. The van der Waals surface area contributed by atoms with E-state index in [-0.39, 0.29) is 0 Å². The van der Waals surface area contributed by atoms with Crippen molar-refractivity contribution in [3.63, 3.8) is 0 Å². The lowest BCUT2D eigenvalue weighted by Gasteiger charge is -2.14. The van der Waals surface area contributed by atoms with Crippen LogP contribution < -0.4 is 0 Å². The summed E-state index contributed by atoms with van der Waals surface area (Å²) in [4.78, 5) is 0. The standard InChI is InChI=1S/C26H54/c1-4-7-8-9-10-11-12-13-14-15-16-17-18-19-20-21-22-25-26(23-5-2)24-6-3/h26H,4-25H2,1-3H3. The van der Waals surface area contributed by atoms with Crippen molar-refractivity contribution >= 4 is 0 Å². The summed E-state index contributed by atoms with van der Waals surface area (Å²) in [6, 6.07) is 0. The van der Waals surface area contributed by atoms with Crippen molar-refractivity contribution in [2.24, 2.45) is 5.92 Å². The minimum Gasteiger partial charge on any atom is -0.0654 e. The average molecular weight is 367 g/mol. The highest BCUT2D eigenvalue weighted by Gasteiger charge is 2.05. The molecule has 0 aliphatic rings. The zero-order chi connectivity index (χ0) is 19.1. The highest BCUT2D eigenvalue weighted by molar-refractivity contribution is 4.59. The molecule has 0 saturated carbocycles. The van der Waals surface area contributed by atoms with Gasteiger partial charge in [0.15, 0.2) is 0 Å². The fourth-order valence-corrected chi connectivity index (χ4v) is 4.41. The lowest BCUT2D eigenvalue weighted by molar-refractivity contribution is 0.390. The van der Waals surface area contributed by atoms with E-state index in [0.29, 0.717) is 0 Å². The summed E-state index contributed by atoms with van der Waals surface area (Å²) < 4.78 is 0. The Labute approximate surface area is 168 Å². The minimum atomic E-state index is 1.03. The second-order valence-electron chi connectivity index (χ2n) is 8.89. The SMILES string of the molecule is CCCCCCCCCCCCCCCCCCCC(CCC)CCC. The summed E-state index contributed by atoms with van der Waals surface area (Å²) >= 11 is 0. The molecule has 0 saturated heterocycles. The predicted octanol–water partition coefficient (Wildman–Crippen LogP) is 10.2. The molecule has 0 aromatic heterocycles. The van der Waals surface area contributed by atoms with E-state index in [1.807, 2.05) is 0 Å². The van der Waals surface area contributed by atoms with Gasteiger partial charge in [-0.3, -0.25) is 0 Å². The summed E-state index contributed by atoms with van der Waals surface area (Å²) in [6.45, 7) is 6.99. The first-order valence-electron chi connectivity index (χ1n) is 12.8. The van der Waals surface area contributed by atoms with Crippen LogP contribution in [-0.4, -0.2) is 0 Å². The number of rotatable bonds is 22. The maximum atomic E-state index is 2.34. The van der Waals surface area contributed by atoms with Crippen LogP contribution in [0.5, 0.6) is 0 Å². The van der Waals surface area contributed by atoms with Crippen molar-refractivity contribution in [2.75, 3.05) is 0 Å². The van der Waals surface area contributed by atoms with Crippen molar-refractivity contribution in [3.05, 3.63) is 0 Å². The molecule has 0 spiro atoms. The summed E-state index contributed by atoms with van der Waals surface area (Å²) in [6.07, 6.45) is 32.3. The van der Waals surface area contributed by atoms with Gasteiger partial charge in [0.05, 0.1) is 0 Å². The van der Waals surface area contributed by atoms with E-state index in [1.54, 1.807) is 0 Å². The van der Waals surface area contributed by atoms with Crippen LogP contribution in [0.15, 0.2) is 0 Å². The van der Waals surface area contributed by atoms with Gasteiger partial charge in [0.25, 0.3) is 0 Å². The lowest BCUT2D eigenvalue weighted by Crippen LogP contribution is -1.99. The minimum absolute atomic E-state index is 1.03. The van der Waals surface area contributed by atoms with E-state index >= 15 is 0 Å². The van der Waals surface area contributed by atoms with Crippen LogP contribution in [0.2, 0.25) is 0 Å². The van der Waals surface area contributed by atoms with Crippen molar-refractivity contribution < 1.29 is 0 Å². The lowest BCUT2D eigenvalue weighted by atomic mass is 9.92. The van der Waals surface area contributed by atoms with Crippen LogP contribution >= 0.6 is 0 Å². The molecule has 158 valence electrons. The highest BCUT2D eigenvalue weighted by atomic mass is 14.1. The van der Waals surface area contributed by atoms with E-state index < -0.39 is 0 Å². The molecule has 0 nitrogen and oxygen atoms in total. The fraction of sp³-hybridized carbons (Fsp3) is 1.00. The Morgan fingerprint density at radius 3 is 0.923 bits per heavy atom. The van der Waals surface area contributed by atoms with Gasteiger partial charge in [-0.25, -0.2) is 0 Å². The van der Waals surface area contributed by atoms with Crippen LogP contribution in [0.1, 0.15) is 162 Å². The first-order valence-corrected chi connectivity index (χ1v) is 12.8. The zero-order valence-corrected chi connectivity index (χ0v) is 19.1. The first-order chi connectivity index (χ1) is 12.8. The Balaban J connectivity index is 3.13. The van der Waals surface area contributed by atoms with E-state index in [2.05, 4.69) is 20.8 Å².